The van der Waals surface area contributed by atoms with E-state index >= 15 is 0 Å². The van der Waals surface area contributed by atoms with E-state index in [0.717, 1.165) is 44.8 Å². The van der Waals surface area contributed by atoms with Crippen molar-refractivity contribution < 1.29 is 0 Å². The van der Waals surface area contributed by atoms with Gasteiger partial charge >= 0.3 is 0 Å². The minimum atomic E-state index is 0.468. The third-order valence-corrected chi connectivity index (χ3v) is 3.69. The first kappa shape index (κ1) is 10.1. The van der Waals surface area contributed by atoms with Crippen LogP contribution < -0.4 is 11.1 Å². The predicted octanol–water partition coefficient (Wildman–Crippen LogP) is -0.0124. The number of rotatable bonds is 1. The van der Waals surface area contributed by atoms with Gasteiger partial charge in [-0.2, -0.15) is 5.10 Å². The van der Waals surface area contributed by atoms with Gasteiger partial charge < -0.3 is 16.0 Å². The number of nitrogens with two attached hydrogens (primary N) is 1. The number of nitrogens with zero attached hydrogens (tertiary/aromatic N) is 3. The third-order valence-electron chi connectivity index (χ3n) is 3.69. The molecule has 0 spiro atoms. The van der Waals surface area contributed by atoms with E-state index in [-0.39, 0.29) is 0 Å². The summed E-state index contributed by atoms with van der Waals surface area (Å²) < 4.78 is 2.06. The van der Waals surface area contributed by atoms with Gasteiger partial charge in [0.25, 0.3) is 0 Å². The van der Waals surface area contributed by atoms with Crippen LogP contribution in [-0.2, 0) is 13.0 Å². The van der Waals surface area contributed by atoms with Gasteiger partial charge in [-0.15, -0.1) is 0 Å². The summed E-state index contributed by atoms with van der Waals surface area (Å²) >= 11 is 0. The molecule has 0 amide bonds. The van der Waals surface area contributed by atoms with Crippen LogP contribution in [0.25, 0.3) is 0 Å². The number of hydrogen-bond donors (Lipinski definition) is 2. The summed E-state index contributed by atoms with van der Waals surface area (Å²) in [6.45, 7) is 4.11. The second kappa shape index (κ2) is 3.75. The van der Waals surface area contributed by atoms with Crippen molar-refractivity contribution in [3.05, 3.63) is 11.3 Å². The van der Waals surface area contributed by atoms with E-state index in [1.165, 1.54) is 11.3 Å². The SMILES string of the molecule is CN1CCC(n2nc3c(c2N)CNCC3)C1. The fourth-order valence-electron chi connectivity index (χ4n) is 2.73. The summed E-state index contributed by atoms with van der Waals surface area (Å²) in [5.74, 6) is 0.877. The zero-order chi connectivity index (χ0) is 11.1. The molecule has 1 saturated heterocycles. The molecule has 88 valence electrons. The minimum absolute atomic E-state index is 0.468. The lowest BCUT2D eigenvalue weighted by atomic mass is 10.1. The van der Waals surface area contributed by atoms with E-state index in [4.69, 9.17) is 10.8 Å². The molecule has 1 atom stereocenters. The van der Waals surface area contributed by atoms with Crippen molar-refractivity contribution in [2.24, 2.45) is 0 Å². The van der Waals surface area contributed by atoms with Crippen LogP contribution in [0.2, 0.25) is 0 Å². The van der Waals surface area contributed by atoms with Crippen LogP contribution in [0.15, 0.2) is 0 Å². The number of aromatic nitrogens is 2. The summed E-state index contributed by atoms with van der Waals surface area (Å²) in [6, 6.07) is 0.468. The average molecular weight is 221 g/mol. The maximum Gasteiger partial charge on any atom is 0.126 e. The molecular weight excluding hydrogens is 202 g/mol. The summed E-state index contributed by atoms with van der Waals surface area (Å²) in [5, 5.41) is 8.04. The number of likely N-dealkylation sites (N-methyl/N-ethyl adjacent to an activating group) is 1. The minimum Gasteiger partial charge on any atom is -0.384 e. The lowest BCUT2D eigenvalue weighted by Crippen LogP contribution is -2.23. The number of fused-ring (bicyclic) bond motifs is 1. The molecule has 0 radical (unpaired) electrons. The molecule has 5 nitrogen and oxygen atoms in total. The Morgan fingerprint density at radius 2 is 2.38 bits per heavy atom. The van der Waals surface area contributed by atoms with Crippen molar-refractivity contribution in [2.75, 3.05) is 32.4 Å². The molecule has 1 aromatic rings. The van der Waals surface area contributed by atoms with E-state index < -0.39 is 0 Å². The Bertz CT molecular complexity index is 397. The molecule has 3 N–H and O–H groups in total. The van der Waals surface area contributed by atoms with Crippen LogP contribution in [0, 0.1) is 0 Å². The van der Waals surface area contributed by atoms with Gasteiger partial charge in [-0.3, -0.25) is 0 Å². The first-order valence-corrected chi connectivity index (χ1v) is 6.00. The van der Waals surface area contributed by atoms with Crippen LogP contribution in [0.5, 0.6) is 0 Å². The van der Waals surface area contributed by atoms with E-state index in [1.807, 2.05) is 0 Å². The number of anilines is 1. The van der Waals surface area contributed by atoms with Gasteiger partial charge in [-0.05, 0) is 13.5 Å². The maximum atomic E-state index is 6.19. The molecule has 2 aliphatic rings. The van der Waals surface area contributed by atoms with Crippen LogP contribution in [0.3, 0.4) is 0 Å². The first-order chi connectivity index (χ1) is 7.75. The molecule has 0 saturated carbocycles. The largest absolute Gasteiger partial charge is 0.384 e. The average Bonchev–Trinajstić information content (AvgIpc) is 2.84. The summed E-state index contributed by atoms with van der Waals surface area (Å²) in [5.41, 5.74) is 8.61. The van der Waals surface area contributed by atoms with Crippen LogP contribution in [0.1, 0.15) is 23.7 Å². The molecule has 16 heavy (non-hydrogen) atoms. The van der Waals surface area contributed by atoms with E-state index in [9.17, 15) is 0 Å². The quantitative estimate of drug-likeness (QED) is 0.700. The molecule has 3 rings (SSSR count). The Hall–Kier alpha value is -1.07. The second-order valence-corrected chi connectivity index (χ2v) is 4.89. The van der Waals surface area contributed by atoms with Gasteiger partial charge in [0.05, 0.1) is 11.7 Å². The molecule has 3 heterocycles. The number of nitrogens with one attached hydrogen (secondary N) is 1. The van der Waals surface area contributed by atoms with Gasteiger partial charge in [0.1, 0.15) is 5.82 Å². The topological polar surface area (TPSA) is 59.1 Å². The molecule has 1 unspecified atom stereocenters. The van der Waals surface area contributed by atoms with Crippen molar-refractivity contribution >= 4 is 5.82 Å². The fourth-order valence-corrected chi connectivity index (χ4v) is 2.73. The highest BCUT2D eigenvalue weighted by Gasteiger charge is 2.26. The molecular formula is C11H19N5. The molecule has 0 bridgehead atoms. The van der Waals surface area contributed by atoms with Gasteiger partial charge in [0, 0.05) is 38.2 Å². The van der Waals surface area contributed by atoms with Crippen molar-refractivity contribution in [2.45, 2.75) is 25.4 Å². The molecule has 1 aromatic heterocycles. The third kappa shape index (κ3) is 1.51. The number of likely N-dealkylation sites (tertiary alicyclic amines) is 1. The highest BCUT2D eigenvalue weighted by Crippen LogP contribution is 2.27. The molecule has 2 aliphatic heterocycles. The Morgan fingerprint density at radius 3 is 3.06 bits per heavy atom. The zero-order valence-corrected chi connectivity index (χ0v) is 9.74. The predicted molar refractivity (Wildman–Crippen MR) is 63.2 cm³/mol. The molecule has 0 aliphatic carbocycles. The van der Waals surface area contributed by atoms with Crippen LogP contribution >= 0.6 is 0 Å². The van der Waals surface area contributed by atoms with E-state index in [0.29, 0.717) is 6.04 Å². The lowest BCUT2D eigenvalue weighted by Gasteiger charge is -2.13. The summed E-state index contributed by atoms with van der Waals surface area (Å²) in [4.78, 5) is 2.34. The monoisotopic (exact) mass is 221 g/mol. The van der Waals surface area contributed by atoms with E-state index in [1.54, 1.807) is 0 Å². The normalized spacial score (nSPS) is 25.9. The summed E-state index contributed by atoms with van der Waals surface area (Å²) in [6.07, 6.45) is 2.17. The van der Waals surface area contributed by atoms with Crippen molar-refractivity contribution in [1.82, 2.24) is 20.0 Å². The Kier molecular flexibility index (Phi) is 2.37. The maximum absolute atomic E-state index is 6.19. The first-order valence-electron chi connectivity index (χ1n) is 6.00. The number of hydrogen-bond acceptors (Lipinski definition) is 4. The van der Waals surface area contributed by atoms with Crippen molar-refractivity contribution in [3.8, 4) is 0 Å². The van der Waals surface area contributed by atoms with Crippen LogP contribution in [0.4, 0.5) is 5.82 Å². The Labute approximate surface area is 95.6 Å². The van der Waals surface area contributed by atoms with Gasteiger partial charge in [-0.1, -0.05) is 0 Å². The summed E-state index contributed by atoms with van der Waals surface area (Å²) in [7, 11) is 2.15. The highest BCUT2D eigenvalue weighted by molar-refractivity contribution is 5.45. The van der Waals surface area contributed by atoms with Crippen molar-refractivity contribution in [1.29, 1.82) is 0 Å². The van der Waals surface area contributed by atoms with Gasteiger partial charge in [0.2, 0.25) is 0 Å². The standard InChI is InChI=1S/C11H19N5/c1-15-5-3-8(7-15)16-11(12)9-6-13-4-2-10(9)14-16/h8,13H,2-7,12H2,1H3. The Balaban J connectivity index is 1.92. The Morgan fingerprint density at radius 1 is 1.50 bits per heavy atom. The van der Waals surface area contributed by atoms with Gasteiger partial charge in [-0.25, -0.2) is 4.68 Å². The zero-order valence-electron chi connectivity index (χ0n) is 9.74. The van der Waals surface area contributed by atoms with Crippen LogP contribution in [-0.4, -0.2) is 41.4 Å². The fraction of sp³-hybridized carbons (Fsp3) is 0.727. The highest BCUT2D eigenvalue weighted by atomic mass is 15.4. The van der Waals surface area contributed by atoms with Crippen molar-refractivity contribution in [3.63, 3.8) is 0 Å². The van der Waals surface area contributed by atoms with E-state index in [2.05, 4.69) is 21.9 Å². The smallest absolute Gasteiger partial charge is 0.126 e. The molecule has 0 aromatic carbocycles. The number of nitrogen functional groups attached to an aromatic ring is 1. The second-order valence-electron chi connectivity index (χ2n) is 4.89. The lowest BCUT2D eigenvalue weighted by molar-refractivity contribution is 0.383. The molecule has 5 heteroatoms. The van der Waals surface area contributed by atoms with Gasteiger partial charge in [0.15, 0.2) is 0 Å². The molecule has 1 fully saturated rings.